The topological polar surface area (TPSA) is 99.9 Å². The molecular weight excluding hydrogens is 392 g/mol. The Labute approximate surface area is 182 Å². The van der Waals surface area contributed by atoms with Gasteiger partial charge in [-0.2, -0.15) is 0 Å². The molecule has 2 N–H and O–H groups in total. The van der Waals surface area contributed by atoms with Crippen molar-refractivity contribution in [3.8, 4) is 0 Å². The number of pyridine rings is 1. The van der Waals surface area contributed by atoms with E-state index in [2.05, 4.69) is 32.3 Å². The normalized spacial score (nSPS) is 16.3. The second-order valence-corrected chi connectivity index (χ2v) is 8.61. The summed E-state index contributed by atoms with van der Waals surface area (Å²) in [4.78, 5) is 17.9. The molecule has 1 aliphatic carbocycles. The van der Waals surface area contributed by atoms with E-state index >= 15 is 0 Å². The molecule has 166 valence electrons. The molecule has 0 bridgehead atoms. The van der Waals surface area contributed by atoms with Crippen LogP contribution in [-0.4, -0.2) is 48.3 Å². The van der Waals surface area contributed by atoms with Gasteiger partial charge in [0.15, 0.2) is 5.82 Å². The number of hydrogen-bond donors (Lipinski definition) is 2. The molecule has 0 radical (unpaired) electrons. The molecule has 1 unspecified atom stereocenters. The Hall–Kier alpha value is -2.58. The van der Waals surface area contributed by atoms with Crippen LogP contribution in [0.3, 0.4) is 0 Å². The first-order valence-electron chi connectivity index (χ1n) is 11.4. The van der Waals surface area contributed by atoms with Crippen molar-refractivity contribution in [3.05, 3.63) is 51.6 Å². The quantitative estimate of drug-likeness (QED) is 0.576. The molecule has 2 aromatic heterocycles. The molecule has 4 rings (SSSR count). The van der Waals surface area contributed by atoms with Gasteiger partial charge in [-0.3, -0.25) is 9.69 Å². The number of aromatic amines is 1. The summed E-state index contributed by atoms with van der Waals surface area (Å²) in [5.41, 5.74) is 2.54. The van der Waals surface area contributed by atoms with E-state index < -0.39 is 0 Å². The van der Waals surface area contributed by atoms with Gasteiger partial charge in [0.1, 0.15) is 0 Å². The fourth-order valence-electron chi connectivity index (χ4n) is 4.78. The minimum atomic E-state index is -0.0947. The predicted molar refractivity (Wildman–Crippen MR) is 120 cm³/mol. The van der Waals surface area contributed by atoms with Crippen molar-refractivity contribution in [2.45, 2.75) is 71.0 Å². The SMILES string of the molecule is CCC(c1nnnn1C1CCCCC1)N(CCO)Cc1cc2ccc(C)cc2[nH]c1=O. The van der Waals surface area contributed by atoms with Crippen LogP contribution in [-0.2, 0) is 6.54 Å². The van der Waals surface area contributed by atoms with Gasteiger partial charge in [0.05, 0.1) is 18.7 Å². The van der Waals surface area contributed by atoms with Gasteiger partial charge in [-0.05, 0) is 59.7 Å². The maximum atomic E-state index is 12.8. The second-order valence-electron chi connectivity index (χ2n) is 8.61. The molecule has 0 aliphatic heterocycles. The number of rotatable bonds is 8. The summed E-state index contributed by atoms with van der Waals surface area (Å²) in [5, 5.41) is 23.5. The highest BCUT2D eigenvalue weighted by atomic mass is 16.3. The van der Waals surface area contributed by atoms with Crippen LogP contribution >= 0.6 is 0 Å². The fourth-order valence-corrected chi connectivity index (χ4v) is 4.78. The minimum absolute atomic E-state index is 0.00613. The van der Waals surface area contributed by atoms with Gasteiger partial charge >= 0.3 is 0 Å². The molecule has 0 saturated heterocycles. The number of aliphatic hydroxyl groups is 1. The van der Waals surface area contributed by atoms with E-state index in [1.165, 1.54) is 19.3 Å². The Morgan fingerprint density at radius 1 is 1.26 bits per heavy atom. The molecule has 31 heavy (non-hydrogen) atoms. The molecule has 8 nitrogen and oxygen atoms in total. The van der Waals surface area contributed by atoms with E-state index in [9.17, 15) is 9.90 Å². The Balaban J connectivity index is 1.64. The lowest BCUT2D eigenvalue weighted by molar-refractivity contribution is 0.128. The first kappa shape index (κ1) is 21.6. The lowest BCUT2D eigenvalue weighted by Crippen LogP contribution is -2.35. The van der Waals surface area contributed by atoms with Crippen LogP contribution < -0.4 is 5.56 Å². The number of aromatic nitrogens is 5. The van der Waals surface area contributed by atoms with Gasteiger partial charge < -0.3 is 10.1 Å². The highest BCUT2D eigenvalue weighted by Crippen LogP contribution is 2.31. The van der Waals surface area contributed by atoms with E-state index in [1.807, 2.05) is 35.9 Å². The van der Waals surface area contributed by atoms with E-state index in [4.69, 9.17) is 0 Å². The molecule has 1 saturated carbocycles. The maximum Gasteiger partial charge on any atom is 0.252 e. The van der Waals surface area contributed by atoms with Crippen molar-refractivity contribution in [3.63, 3.8) is 0 Å². The number of aliphatic hydroxyl groups excluding tert-OH is 1. The smallest absolute Gasteiger partial charge is 0.252 e. The molecule has 1 atom stereocenters. The summed E-state index contributed by atoms with van der Waals surface area (Å²) in [6.45, 7) is 4.99. The summed E-state index contributed by atoms with van der Waals surface area (Å²) >= 11 is 0. The summed E-state index contributed by atoms with van der Waals surface area (Å²) < 4.78 is 1.99. The molecule has 1 aromatic carbocycles. The number of aryl methyl sites for hydroxylation is 1. The average Bonchev–Trinajstić information content (AvgIpc) is 3.25. The number of fused-ring (bicyclic) bond motifs is 1. The molecule has 0 amide bonds. The Kier molecular flexibility index (Phi) is 6.77. The largest absolute Gasteiger partial charge is 0.395 e. The van der Waals surface area contributed by atoms with Crippen molar-refractivity contribution in [2.24, 2.45) is 0 Å². The zero-order valence-electron chi connectivity index (χ0n) is 18.4. The highest BCUT2D eigenvalue weighted by molar-refractivity contribution is 5.79. The van der Waals surface area contributed by atoms with Crippen molar-refractivity contribution in [1.82, 2.24) is 30.1 Å². The van der Waals surface area contributed by atoms with Crippen LogP contribution in [0.15, 0.2) is 29.1 Å². The van der Waals surface area contributed by atoms with E-state index in [0.717, 1.165) is 41.6 Å². The highest BCUT2D eigenvalue weighted by Gasteiger charge is 2.28. The summed E-state index contributed by atoms with van der Waals surface area (Å²) in [6, 6.07) is 8.27. The van der Waals surface area contributed by atoms with Gasteiger partial charge in [-0.25, -0.2) is 4.68 Å². The molecule has 2 heterocycles. The van der Waals surface area contributed by atoms with Gasteiger partial charge in [-0.1, -0.05) is 38.3 Å². The van der Waals surface area contributed by atoms with Crippen LogP contribution in [0.4, 0.5) is 0 Å². The summed E-state index contributed by atoms with van der Waals surface area (Å²) in [6.07, 6.45) is 6.65. The van der Waals surface area contributed by atoms with Crippen molar-refractivity contribution >= 4 is 10.9 Å². The number of hydrogen-bond acceptors (Lipinski definition) is 6. The average molecular weight is 425 g/mol. The van der Waals surface area contributed by atoms with Gasteiger partial charge in [0.25, 0.3) is 5.56 Å². The third-order valence-electron chi connectivity index (χ3n) is 6.40. The third kappa shape index (κ3) is 4.70. The molecule has 1 aliphatic rings. The Morgan fingerprint density at radius 2 is 2.06 bits per heavy atom. The molecule has 1 fully saturated rings. The molecule has 3 aromatic rings. The van der Waals surface area contributed by atoms with Crippen molar-refractivity contribution in [1.29, 1.82) is 0 Å². The van der Waals surface area contributed by atoms with Crippen molar-refractivity contribution in [2.75, 3.05) is 13.2 Å². The number of H-pyrrole nitrogens is 1. The number of benzene rings is 1. The van der Waals surface area contributed by atoms with Crippen LogP contribution in [0, 0.1) is 6.92 Å². The van der Waals surface area contributed by atoms with Crippen LogP contribution in [0.2, 0.25) is 0 Å². The number of nitrogens with one attached hydrogen (secondary N) is 1. The fraction of sp³-hybridized carbons (Fsp3) is 0.565. The first-order chi connectivity index (χ1) is 15.1. The molecular formula is C23H32N6O2. The van der Waals surface area contributed by atoms with Gasteiger partial charge in [0, 0.05) is 24.2 Å². The monoisotopic (exact) mass is 424 g/mol. The predicted octanol–water partition coefficient (Wildman–Crippen LogP) is 3.27. The Bertz CT molecular complexity index is 1070. The van der Waals surface area contributed by atoms with E-state index in [-0.39, 0.29) is 18.2 Å². The van der Waals surface area contributed by atoms with E-state index in [0.29, 0.717) is 24.7 Å². The first-order valence-corrected chi connectivity index (χ1v) is 11.4. The number of nitrogens with zero attached hydrogens (tertiary/aromatic N) is 5. The summed E-state index contributed by atoms with van der Waals surface area (Å²) in [5.74, 6) is 0.829. The second kappa shape index (κ2) is 9.70. The zero-order valence-corrected chi connectivity index (χ0v) is 18.4. The Morgan fingerprint density at radius 3 is 2.81 bits per heavy atom. The molecule has 0 spiro atoms. The lowest BCUT2D eigenvalue weighted by Gasteiger charge is -2.31. The maximum absolute atomic E-state index is 12.8. The lowest BCUT2D eigenvalue weighted by atomic mass is 9.95. The standard InChI is InChI=1S/C23H32N6O2/c1-3-21(22-25-26-27-29(22)19-7-5-4-6-8-19)28(11-12-30)15-18-14-17-10-9-16(2)13-20(17)24-23(18)31/h9-10,13-14,19,21,30H,3-8,11-12,15H2,1-2H3,(H,24,31). The van der Waals surface area contributed by atoms with Gasteiger partial charge in [0.2, 0.25) is 0 Å². The van der Waals surface area contributed by atoms with Crippen LogP contribution in [0.25, 0.3) is 10.9 Å². The molecule has 8 heteroatoms. The summed E-state index contributed by atoms with van der Waals surface area (Å²) in [7, 11) is 0. The third-order valence-corrected chi connectivity index (χ3v) is 6.40. The zero-order chi connectivity index (χ0) is 21.8. The van der Waals surface area contributed by atoms with Crippen LogP contribution in [0.5, 0.6) is 0 Å². The van der Waals surface area contributed by atoms with Crippen molar-refractivity contribution < 1.29 is 5.11 Å². The van der Waals surface area contributed by atoms with Crippen LogP contribution in [0.1, 0.15) is 74.5 Å². The van der Waals surface area contributed by atoms with Gasteiger partial charge in [-0.15, -0.1) is 5.10 Å². The minimum Gasteiger partial charge on any atom is -0.395 e. The number of tetrazole rings is 1. The van der Waals surface area contributed by atoms with E-state index in [1.54, 1.807) is 0 Å².